The Morgan fingerprint density at radius 1 is 1.06 bits per heavy atom. The van der Waals surface area contributed by atoms with Gasteiger partial charge in [-0.25, -0.2) is 4.98 Å². The van der Waals surface area contributed by atoms with Crippen molar-refractivity contribution in [1.29, 1.82) is 0 Å². The Kier molecular flexibility index (Phi) is 5.36. The summed E-state index contributed by atoms with van der Waals surface area (Å²) in [5, 5.41) is 10.1. The van der Waals surface area contributed by atoms with E-state index in [1.54, 1.807) is 12.3 Å². The largest absolute Gasteiger partial charge is 0.467 e. The number of H-pyrrole nitrogens is 1. The number of fused-ring (bicyclic) bond motifs is 1. The number of nitrogens with one attached hydrogen (secondary N) is 1. The first-order chi connectivity index (χ1) is 15.6. The van der Waals surface area contributed by atoms with Crippen molar-refractivity contribution in [3.8, 4) is 11.4 Å². The van der Waals surface area contributed by atoms with Gasteiger partial charge in [0, 0.05) is 5.56 Å². The Hall–Kier alpha value is -3.65. The molecule has 0 aliphatic rings. The van der Waals surface area contributed by atoms with E-state index in [0.717, 1.165) is 27.9 Å². The summed E-state index contributed by atoms with van der Waals surface area (Å²) < 4.78 is 7.63. The van der Waals surface area contributed by atoms with Crippen LogP contribution < -0.4 is 5.56 Å². The van der Waals surface area contributed by atoms with E-state index in [9.17, 15) is 4.79 Å². The van der Waals surface area contributed by atoms with Gasteiger partial charge in [-0.1, -0.05) is 48.2 Å². The molecule has 0 bridgehead atoms. The summed E-state index contributed by atoms with van der Waals surface area (Å²) in [7, 11) is 0. The van der Waals surface area contributed by atoms with Crippen molar-refractivity contribution in [1.82, 2.24) is 24.7 Å². The third-order valence-electron chi connectivity index (χ3n) is 5.30. The summed E-state index contributed by atoms with van der Waals surface area (Å²) in [5.41, 5.74) is 2.67. The molecule has 160 valence electrons. The van der Waals surface area contributed by atoms with Crippen LogP contribution in [0.1, 0.15) is 29.3 Å². The molecule has 5 aromatic rings. The van der Waals surface area contributed by atoms with E-state index >= 15 is 0 Å². The van der Waals surface area contributed by atoms with E-state index in [2.05, 4.69) is 33.2 Å². The summed E-state index contributed by atoms with van der Waals surface area (Å²) in [6, 6.07) is 19.2. The van der Waals surface area contributed by atoms with Gasteiger partial charge >= 0.3 is 0 Å². The number of hydrogen-bond donors (Lipinski definition) is 1. The second-order valence-electron chi connectivity index (χ2n) is 7.52. The van der Waals surface area contributed by atoms with Gasteiger partial charge < -0.3 is 9.40 Å². The first kappa shape index (κ1) is 20.3. The van der Waals surface area contributed by atoms with Crippen LogP contribution in [-0.2, 0) is 6.54 Å². The lowest BCUT2D eigenvalue weighted by Gasteiger charge is -2.13. The molecular weight excluding hydrogens is 422 g/mol. The van der Waals surface area contributed by atoms with Gasteiger partial charge in [-0.15, -0.1) is 10.2 Å². The second kappa shape index (κ2) is 8.47. The van der Waals surface area contributed by atoms with E-state index in [-0.39, 0.29) is 10.8 Å². The number of aromatic amines is 1. The molecule has 3 aromatic heterocycles. The molecule has 0 radical (unpaired) electrons. The highest BCUT2D eigenvalue weighted by Crippen LogP contribution is 2.35. The fraction of sp³-hybridized carbons (Fsp3) is 0.167. The molecule has 7 nitrogen and oxygen atoms in total. The average molecular weight is 444 g/mol. The van der Waals surface area contributed by atoms with E-state index < -0.39 is 0 Å². The summed E-state index contributed by atoms with van der Waals surface area (Å²) in [4.78, 5) is 20.1. The number of aromatic nitrogens is 5. The first-order valence-corrected chi connectivity index (χ1v) is 11.2. The molecule has 1 atom stereocenters. The lowest BCUT2D eigenvalue weighted by Crippen LogP contribution is -2.13. The topological polar surface area (TPSA) is 89.6 Å². The fourth-order valence-electron chi connectivity index (χ4n) is 3.61. The van der Waals surface area contributed by atoms with Crippen LogP contribution in [0, 0.1) is 6.92 Å². The minimum absolute atomic E-state index is 0.142. The van der Waals surface area contributed by atoms with Crippen molar-refractivity contribution in [3.63, 3.8) is 0 Å². The molecule has 32 heavy (non-hydrogen) atoms. The van der Waals surface area contributed by atoms with Gasteiger partial charge in [0.1, 0.15) is 11.6 Å². The Morgan fingerprint density at radius 2 is 1.88 bits per heavy atom. The van der Waals surface area contributed by atoms with Gasteiger partial charge in [-0.2, -0.15) is 0 Å². The van der Waals surface area contributed by atoms with Crippen molar-refractivity contribution >= 4 is 22.7 Å². The summed E-state index contributed by atoms with van der Waals surface area (Å²) >= 11 is 1.50. The van der Waals surface area contributed by atoms with Crippen molar-refractivity contribution < 1.29 is 4.42 Å². The van der Waals surface area contributed by atoms with Gasteiger partial charge in [0.15, 0.2) is 11.0 Å². The Bertz CT molecular complexity index is 1440. The molecular formula is C24H21N5O2S. The number of para-hydroxylation sites is 1. The smallest absolute Gasteiger partial charge is 0.258 e. The Morgan fingerprint density at radius 3 is 2.69 bits per heavy atom. The number of aryl methyl sites for hydroxylation is 1. The number of benzene rings is 2. The molecule has 0 aliphatic heterocycles. The predicted molar refractivity (Wildman–Crippen MR) is 125 cm³/mol. The number of rotatable bonds is 6. The molecule has 1 unspecified atom stereocenters. The zero-order valence-corrected chi connectivity index (χ0v) is 18.5. The van der Waals surface area contributed by atoms with Crippen molar-refractivity contribution in [2.75, 3.05) is 0 Å². The maximum Gasteiger partial charge on any atom is 0.258 e. The standard InChI is InChI=1S/C24H21N5O2S/c1-15-8-3-4-10-18(15)22-27-28-24(29(22)14-17-9-7-13-31-17)32-16(2)21-25-20-12-6-5-11-19(20)23(30)26-21/h3-13,16H,14H2,1-2H3,(H,25,26,30). The van der Waals surface area contributed by atoms with Crippen LogP contribution in [0.25, 0.3) is 22.3 Å². The third kappa shape index (κ3) is 3.85. The molecule has 2 aromatic carbocycles. The summed E-state index contributed by atoms with van der Waals surface area (Å²) in [5.74, 6) is 2.18. The van der Waals surface area contributed by atoms with Gasteiger partial charge in [0.2, 0.25) is 0 Å². The third-order valence-corrected chi connectivity index (χ3v) is 6.38. The van der Waals surface area contributed by atoms with Gasteiger partial charge in [-0.05, 0) is 43.7 Å². The van der Waals surface area contributed by atoms with Gasteiger partial charge in [0.05, 0.1) is 29.0 Å². The number of nitrogens with zero attached hydrogens (tertiary/aromatic N) is 4. The Balaban J connectivity index is 1.53. The number of thioether (sulfide) groups is 1. The Labute approximate surface area is 188 Å². The molecule has 0 saturated heterocycles. The molecule has 1 N–H and O–H groups in total. The molecule has 0 amide bonds. The average Bonchev–Trinajstić information content (AvgIpc) is 3.45. The molecule has 0 aliphatic carbocycles. The van der Waals surface area contributed by atoms with Crippen molar-refractivity contribution in [2.24, 2.45) is 0 Å². The highest BCUT2D eigenvalue weighted by molar-refractivity contribution is 7.99. The first-order valence-electron chi connectivity index (χ1n) is 10.3. The van der Waals surface area contributed by atoms with Crippen LogP contribution in [0.2, 0.25) is 0 Å². The highest BCUT2D eigenvalue weighted by Gasteiger charge is 2.21. The van der Waals surface area contributed by atoms with Crippen LogP contribution in [0.4, 0.5) is 0 Å². The van der Waals surface area contributed by atoms with E-state index in [1.165, 1.54) is 11.8 Å². The quantitative estimate of drug-likeness (QED) is 0.372. The maximum atomic E-state index is 12.5. The summed E-state index contributed by atoms with van der Waals surface area (Å²) in [6.45, 7) is 4.55. The van der Waals surface area contributed by atoms with Crippen LogP contribution >= 0.6 is 11.8 Å². The highest BCUT2D eigenvalue weighted by atomic mass is 32.2. The van der Waals surface area contributed by atoms with E-state index in [1.807, 2.05) is 60.0 Å². The van der Waals surface area contributed by atoms with Gasteiger partial charge in [-0.3, -0.25) is 9.36 Å². The van der Waals surface area contributed by atoms with E-state index in [4.69, 9.17) is 4.42 Å². The van der Waals surface area contributed by atoms with E-state index in [0.29, 0.717) is 23.3 Å². The SMILES string of the molecule is Cc1ccccc1-c1nnc(SC(C)c2nc3ccccc3c(=O)[nH]2)n1Cc1ccco1. The van der Waals surface area contributed by atoms with Crippen LogP contribution in [0.3, 0.4) is 0 Å². The predicted octanol–water partition coefficient (Wildman–Crippen LogP) is 4.98. The van der Waals surface area contributed by atoms with Crippen LogP contribution in [0.5, 0.6) is 0 Å². The minimum Gasteiger partial charge on any atom is -0.467 e. The normalized spacial score (nSPS) is 12.3. The van der Waals surface area contributed by atoms with Gasteiger partial charge in [0.25, 0.3) is 5.56 Å². The zero-order valence-electron chi connectivity index (χ0n) is 17.6. The lowest BCUT2D eigenvalue weighted by atomic mass is 10.1. The lowest BCUT2D eigenvalue weighted by molar-refractivity contribution is 0.485. The molecule has 0 fully saturated rings. The fourth-order valence-corrected chi connectivity index (χ4v) is 4.52. The van der Waals surface area contributed by atoms with Crippen LogP contribution in [-0.4, -0.2) is 24.7 Å². The minimum atomic E-state index is -0.143. The molecule has 8 heteroatoms. The molecule has 5 rings (SSSR count). The summed E-state index contributed by atoms with van der Waals surface area (Å²) in [6.07, 6.45) is 1.66. The second-order valence-corrected chi connectivity index (χ2v) is 8.82. The number of hydrogen-bond acceptors (Lipinski definition) is 6. The van der Waals surface area contributed by atoms with Crippen molar-refractivity contribution in [2.45, 2.75) is 30.8 Å². The molecule has 0 saturated carbocycles. The monoisotopic (exact) mass is 443 g/mol. The van der Waals surface area contributed by atoms with Crippen molar-refractivity contribution in [3.05, 3.63) is 94.4 Å². The molecule has 3 heterocycles. The maximum absolute atomic E-state index is 12.5. The molecule has 0 spiro atoms. The van der Waals surface area contributed by atoms with Crippen LogP contribution in [0.15, 0.2) is 81.3 Å². The number of furan rings is 1. The zero-order chi connectivity index (χ0) is 22.1.